The third-order valence-corrected chi connectivity index (χ3v) is 6.35. The average Bonchev–Trinajstić information content (AvgIpc) is 3.07. The summed E-state index contributed by atoms with van der Waals surface area (Å²) in [6.45, 7) is 5.08. The van der Waals surface area contributed by atoms with Crippen molar-refractivity contribution in [2.24, 2.45) is 5.41 Å². The van der Waals surface area contributed by atoms with Crippen molar-refractivity contribution in [1.29, 1.82) is 0 Å². The number of nitrogens with zero attached hydrogens (tertiary/aromatic N) is 1. The largest absolute Gasteiger partial charge is 0.465 e. The van der Waals surface area contributed by atoms with E-state index in [1.807, 2.05) is 74.5 Å². The van der Waals surface area contributed by atoms with Crippen molar-refractivity contribution in [2.75, 3.05) is 6.61 Å². The van der Waals surface area contributed by atoms with Crippen LogP contribution in [0.2, 0.25) is 0 Å². The molecular formula is C26H27NO5. The summed E-state index contributed by atoms with van der Waals surface area (Å²) in [4.78, 5) is 39.5. The van der Waals surface area contributed by atoms with Gasteiger partial charge in [-0.3, -0.25) is 9.59 Å². The predicted molar refractivity (Wildman–Crippen MR) is 118 cm³/mol. The third kappa shape index (κ3) is 3.81. The number of hydrogen-bond donors (Lipinski definition) is 0. The van der Waals surface area contributed by atoms with E-state index in [0.717, 1.165) is 11.1 Å². The van der Waals surface area contributed by atoms with Crippen LogP contribution >= 0.6 is 0 Å². The lowest BCUT2D eigenvalue weighted by Crippen LogP contribution is -2.58. The number of carbonyl (C=O) groups is 3. The molecule has 2 saturated heterocycles. The molecule has 6 heteroatoms. The van der Waals surface area contributed by atoms with E-state index in [-0.39, 0.29) is 18.6 Å². The summed E-state index contributed by atoms with van der Waals surface area (Å²) < 4.78 is 11.4. The van der Waals surface area contributed by atoms with Crippen molar-refractivity contribution >= 4 is 17.8 Å². The van der Waals surface area contributed by atoms with Crippen LogP contribution in [0.25, 0.3) is 0 Å². The van der Waals surface area contributed by atoms with Crippen LogP contribution in [0.3, 0.4) is 0 Å². The highest BCUT2D eigenvalue weighted by Gasteiger charge is 2.63. The van der Waals surface area contributed by atoms with Crippen molar-refractivity contribution in [3.8, 4) is 0 Å². The summed E-state index contributed by atoms with van der Waals surface area (Å²) in [6, 6.07) is 18.0. The monoisotopic (exact) mass is 433 g/mol. The van der Waals surface area contributed by atoms with E-state index in [1.54, 1.807) is 11.0 Å². The smallest absolute Gasteiger partial charge is 0.330 e. The van der Waals surface area contributed by atoms with Gasteiger partial charge in [0.15, 0.2) is 6.10 Å². The fourth-order valence-corrected chi connectivity index (χ4v) is 4.79. The highest BCUT2D eigenvalue weighted by atomic mass is 16.5. The molecule has 2 aromatic rings. The first-order valence-corrected chi connectivity index (χ1v) is 10.8. The molecular weight excluding hydrogens is 406 g/mol. The van der Waals surface area contributed by atoms with E-state index in [0.29, 0.717) is 12.0 Å². The molecule has 0 aromatic heterocycles. The van der Waals surface area contributed by atoms with E-state index < -0.39 is 29.5 Å². The molecule has 2 aliphatic rings. The van der Waals surface area contributed by atoms with E-state index in [9.17, 15) is 14.4 Å². The Morgan fingerprint density at radius 2 is 1.66 bits per heavy atom. The molecule has 2 fully saturated rings. The fourth-order valence-electron chi connectivity index (χ4n) is 4.79. The summed E-state index contributed by atoms with van der Waals surface area (Å²) in [5.74, 6) is -1.08. The van der Waals surface area contributed by atoms with E-state index in [1.165, 1.54) is 6.92 Å². The SMILES string of the molecule is C/C=C1/C(=O)N2C1C[C@@](C)(COC(C)=O)[C@@H]2C(=O)OC(c1ccccc1)c1ccccc1. The summed E-state index contributed by atoms with van der Waals surface area (Å²) in [7, 11) is 0. The standard InChI is InChI=1S/C26H27NO5/c1-4-20-21-15-26(3,16-31-17(2)28)23(27(21)24(20)29)25(30)32-22(18-11-7-5-8-12-18)19-13-9-6-10-14-19/h4-14,21-23H,15-16H2,1-3H3/b20-4+/t21?,23-,26-/m0/s1. The Morgan fingerprint density at radius 1 is 1.09 bits per heavy atom. The fraction of sp³-hybridized carbons (Fsp3) is 0.346. The Kier molecular flexibility index (Phi) is 5.87. The molecule has 0 saturated carbocycles. The van der Waals surface area contributed by atoms with Gasteiger partial charge in [0.05, 0.1) is 12.6 Å². The van der Waals surface area contributed by atoms with Crippen LogP contribution in [-0.4, -0.2) is 41.4 Å². The minimum Gasteiger partial charge on any atom is -0.465 e. The maximum atomic E-state index is 13.6. The first kappa shape index (κ1) is 21.8. The van der Waals surface area contributed by atoms with Crippen molar-refractivity contribution in [2.45, 2.75) is 45.4 Å². The van der Waals surface area contributed by atoms with Crippen LogP contribution in [0.1, 0.15) is 44.4 Å². The number of esters is 2. The number of ether oxygens (including phenoxy) is 2. The second-order valence-electron chi connectivity index (χ2n) is 8.65. The summed E-state index contributed by atoms with van der Waals surface area (Å²) in [6.07, 6.45) is 1.71. The van der Waals surface area contributed by atoms with Crippen LogP contribution < -0.4 is 0 Å². The highest BCUT2D eigenvalue weighted by Crippen LogP contribution is 2.50. The van der Waals surface area contributed by atoms with Crippen LogP contribution in [0, 0.1) is 5.41 Å². The number of benzene rings is 2. The van der Waals surface area contributed by atoms with Crippen molar-refractivity contribution in [3.63, 3.8) is 0 Å². The molecule has 4 rings (SSSR count). The highest BCUT2D eigenvalue weighted by molar-refractivity contribution is 6.05. The normalized spacial score (nSPS) is 25.4. The number of hydrogen-bond acceptors (Lipinski definition) is 5. The molecule has 2 heterocycles. The van der Waals surface area contributed by atoms with Gasteiger partial charge in [0, 0.05) is 17.9 Å². The van der Waals surface area contributed by atoms with Gasteiger partial charge in [-0.1, -0.05) is 73.7 Å². The molecule has 32 heavy (non-hydrogen) atoms. The van der Waals surface area contributed by atoms with Crippen molar-refractivity contribution in [1.82, 2.24) is 4.90 Å². The minimum atomic E-state index is -0.835. The second kappa shape index (κ2) is 8.61. The number of carbonyl (C=O) groups excluding carboxylic acids is 3. The van der Waals surface area contributed by atoms with Crippen LogP contribution in [0.15, 0.2) is 72.3 Å². The Hall–Kier alpha value is -3.41. The van der Waals surface area contributed by atoms with Gasteiger partial charge in [-0.05, 0) is 24.5 Å². The zero-order chi connectivity index (χ0) is 22.9. The van der Waals surface area contributed by atoms with E-state index >= 15 is 0 Å². The summed E-state index contributed by atoms with van der Waals surface area (Å²) >= 11 is 0. The quantitative estimate of drug-likeness (QED) is 0.393. The molecule has 2 aromatic carbocycles. The summed E-state index contributed by atoms with van der Waals surface area (Å²) in [5.41, 5.74) is 1.63. The molecule has 3 atom stereocenters. The number of β-lactam (4-membered cyclic amide) rings is 1. The molecule has 0 radical (unpaired) electrons. The van der Waals surface area contributed by atoms with Crippen molar-refractivity contribution < 1.29 is 23.9 Å². The molecule has 0 bridgehead atoms. The minimum absolute atomic E-state index is 0.0424. The van der Waals surface area contributed by atoms with E-state index in [2.05, 4.69) is 0 Å². The van der Waals surface area contributed by atoms with Gasteiger partial charge < -0.3 is 14.4 Å². The molecule has 0 spiro atoms. The van der Waals surface area contributed by atoms with Crippen molar-refractivity contribution in [3.05, 3.63) is 83.4 Å². The van der Waals surface area contributed by atoms with Crippen LogP contribution in [0.5, 0.6) is 0 Å². The lowest BCUT2D eigenvalue weighted by Gasteiger charge is -2.41. The van der Waals surface area contributed by atoms with Gasteiger partial charge in [0.2, 0.25) is 0 Å². The second-order valence-corrected chi connectivity index (χ2v) is 8.65. The molecule has 6 nitrogen and oxygen atoms in total. The van der Waals surface area contributed by atoms with Gasteiger partial charge in [0.1, 0.15) is 6.04 Å². The molecule has 0 N–H and O–H groups in total. The van der Waals surface area contributed by atoms with Gasteiger partial charge in [0.25, 0.3) is 5.91 Å². The zero-order valence-corrected chi connectivity index (χ0v) is 18.5. The Labute approximate surface area is 187 Å². The average molecular weight is 434 g/mol. The Balaban J connectivity index is 1.66. The van der Waals surface area contributed by atoms with Gasteiger partial charge in [-0.15, -0.1) is 0 Å². The van der Waals surface area contributed by atoms with E-state index in [4.69, 9.17) is 9.47 Å². The number of rotatable bonds is 6. The maximum Gasteiger partial charge on any atom is 0.330 e. The van der Waals surface area contributed by atoms with Gasteiger partial charge in [-0.2, -0.15) is 0 Å². The molecule has 1 unspecified atom stereocenters. The lowest BCUT2D eigenvalue weighted by atomic mass is 9.81. The molecule has 0 aliphatic carbocycles. The molecule has 1 amide bonds. The first-order chi connectivity index (χ1) is 15.4. The summed E-state index contributed by atoms with van der Waals surface area (Å²) in [5, 5.41) is 0. The van der Waals surface area contributed by atoms with Crippen LogP contribution in [-0.2, 0) is 23.9 Å². The zero-order valence-electron chi connectivity index (χ0n) is 18.5. The van der Waals surface area contributed by atoms with Crippen LogP contribution in [0.4, 0.5) is 0 Å². The maximum absolute atomic E-state index is 13.6. The Bertz CT molecular complexity index is 1010. The topological polar surface area (TPSA) is 72.9 Å². The predicted octanol–water partition coefficient (Wildman–Crippen LogP) is 3.82. The van der Waals surface area contributed by atoms with Gasteiger partial charge in [-0.25, -0.2) is 4.79 Å². The third-order valence-electron chi connectivity index (χ3n) is 6.35. The lowest BCUT2D eigenvalue weighted by molar-refractivity contribution is -0.165. The first-order valence-electron chi connectivity index (χ1n) is 10.8. The van der Waals surface area contributed by atoms with Gasteiger partial charge >= 0.3 is 11.9 Å². The Morgan fingerprint density at radius 3 is 2.16 bits per heavy atom. The molecule has 166 valence electrons. The number of fused-ring (bicyclic) bond motifs is 1. The number of allylic oxidation sites excluding steroid dienone is 1. The molecule has 2 aliphatic heterocycles. The number of amides is 1.